The summed E-state index contributed by atoms with van der Waals surface area (Å²) in [7, 11) is 0. The van der Waals surface area contributed by atoms with Gasteiger partial charge in [0.05, 0.1) is 5.56 Å². The lowest BCUT2D eigenvalue weighted by Gasteiger charge is -2.10. The standard InChI is InChI=1S/C14H12F2N2O/c1-8-3-2-4-12(17)13(8)14(19)18-11-6-9(15)5-10(16)7-11/h2-7H,17H2,1H3,(H,18,19). The van der Waals surface area contributed by atoms with Crippen LogP contribution in [0.3, 0.4) is 0 Å². The fourth-order valence-electron chi connectivity index (χ4n) is 1.82. The number of carbonyl (C=O) groups is 1. The molecule has 3 N–H and O–H groups in total. The van der Waals surface area contributed by atoms with E-state index in [0.717, 1.165) is 18.2 Å². The van der Waals surface area contributed by atoms with E-state index in [4.69, 9.17) is 5.73 Å². The molecule has 0 heterocycles. The zero-order chi connectivity index (χ0) is 14.0. The summed E-state index contributed by atoms with van der Waals surface area (Å²) < 4.78 is 26.0. The summed E-state index contributed by atoms with van der Waals surface area (Å²) in [6, 6.07) is 7.86. The second kappa shape index (κ2) is 5.06. The summed E-state index contributed by atoms with van der Waals surface area (Å²) in [5.74, 6) is -2.01. The molecule has 2 aromatic carbocycles. The summed E-state index contributed by atoms with van der Waals surface area (Å²) in [5, 5.41) is 2.42. The highest BCUT2D eigenvalue weighted by molar-refractivity contribution is 6.08. The molecule has 0 aliphatic heterocycles. The molecule has 5 heteroatoms. The van der Waals surface area contributed by atoms with E-state index in [1.165, 1.54) is 0 Å². The second-order valence-corrected chi connectivity index (χ2v) is 4.15. The number of hydrogen-bond donors (Lipinski definition) is 2. The lowest BCUT2D eigenvalue weighted by molar-refractivity contribution is 0.102. The minimum Gasteiger partial charge on any atom is -0.398 e. The minimum absolute atomic E-state index is 0.0464. The molecule has 1 amide bonds. The number of aryl methyl sites for hydroxylation is 1. The van der Waals surface area contributed by atoms with Crippen LogP contribution in [0.15, 0.2) is 36.4 Å². The maximum Gasteiger partial charge on any atom is 0.258 e. The predicted octanol–water partition coefficient (Wildman–Crippen LogP) is 3.11. The average molecular weight is 262 g/mol. The van der Waals surface area contributed by atoms with Crippen molar-refractivity contribution in [1.29, 1.82) is 0 Å². The Hall–Kier alpha value is -2.43. The second-order valence-electron chi connectivity index (χ2n) is 4.15. The zero-order valence-electron chi connectivity index (χ0n) is 10.2. The SMILES string of the molecule is Cc1cccc(N)c1C(=O)Nc1cc(F)cc(F)c1. The van der Waals surface area contributed by atoms with E-state index >= 15 is 0 Å². The van der Waals surface area contributed by atoms with Gasteiger partial charge < -0.3 is 11.1 Å². The number of anilines is 2. The third-order valence-corrected chi connectivity index (χ3v) is 2.65. The van der Waals surface area contributed by atoms with Crippen molar-refractivity contribution in [2.75, 3.05) is 11.1 Å². The summed E-state index contributed by atoms with van der Waals surface area (Å²) in [4.78, 5) is 12.0. The van der Waals surface area contributed by atoms with E-state index in [0.29, 0.717) is 16.8 Å². The van der Waals surface area contributed by atoms with Crippen LogP contribution in [-0.2, 0) is 0 Å². The first-order valence-corrected chi connectivity index (χ1v) is 5.60. The van der Waals surface area contributed by atoms with Crippen molar-refractivity contribution < 1.29 is 13.6 Å². The molecule has 19 heavy (non-hydrogen) atoms. The molecule has 2 rings (SSSR count). The Morgan fingerprint density at radius 3 is 2.37 bits per heavy atom. The zero-order valence-corrected chi connectivity index (χ0v) is 10.2. The van der Waals surface area contributed by atoms with E-state index in [-0.39, 0.29) is 5.69 Å². The molecule has 0 aromatic heterocycles. The van der Waals surface area contributed by atoms with Crippen LogP contribution in [0.5, 0.6) is 0 Å². The van der Waals surface area contributed by atoms with Crippen molar-refractivity contribution in [2.24, 2.45) is 0 Å². The Labute approximate surface area is 109 Å². The molecule has 0 fully saturated rings. The number of hydrogen-bond acceptors (Lipinski definition) is 2. The third kappa shape index (κ3) is 2.88. The van der Waals surface area contributed by atoms with Crippen molar-refractivity contribution in [3.63, 3.8) is 0 Å². The minimum atomic E-state index is -0.756. The molecular weight excluding hydrogens is 250 g/mol. The van der Waals surface area contributed by atoms with Crippen LogP contribution < -0.4 is 11.1 Å². The highest BCUT2D eigenvalue weighted by Crippen LogP contribution is 2.19. The van der Waals surface area contributed by atoms with Gasteiger partial charge in [-0.2, -0.15) is 0 Å². The van der Waals surface area contributed by atoms with E-state index in [1.54, 1.807) is 25.1 Å². The highest BCUT2D eigenvalue weighted by Gasteiger charge is 2.13. The summed E-state index contributed by atoms with van der Waals surface area (Å²) in [6.45, 7) is 1.73. The van der Waals surface area contributed by atoms with Crippen LogP contribution >= 0.6 is 0 Å². The normalized spacial score (nSPS) is 10.3. The Kier molecular flexibility index (Phi) is 3.46. The van der Waals surface area contributed by atoms with Gasteiger partial charge in [0.2, 0.25) is 0 Å². The molecule has 98 valence electrons. The Morgan fingerprint density at radius 2 is 1.79 bits per heavy atom. The Bertz CT molecular complexity index is 601. The maximum absolute atomic E-state index is 13.0. The molecule has 0 spiro atoms. The first-order chi connectivity index (χ1) is 8.97. The fourth-order valence-corrected chi connectivity index (χ4v) is 1.82. The van der Waals surface area contributed by atoms with Crippen LogP contribution in [0.25, 0.3) is 0 Å². The van der Waals surface area contributed by atoms with E-state index in [2.05, 4.69) is 5.32 Å². The van der Waals surface area contributed by atoms with Gasteiger partial charge in [-0.1, -0.05) is 12.1 Å². The predicted molar refractivity (Wildman–Crippen MR) is 69.9 cm³/mol. The van der Waals surface area contributed by atoms with Crippen LogP contribution in [0.2, 0.25) is 0 Å². The van der Waals surface area contributed by atoms with Gasteiger partial charge in [-0.15, -0.1) is 0 Å². The summed E-state index contributed by atoms with van der Waals surface area (Å²) >= 11 is 0. The number of benzene rings is 2. The van der Waals surface area contributed by atoms with Gasteiger partial charge in [0.1, 0.15) is 11.6 Å². The van der Waals surface area contributed by atoms with Crippen molar-refractivity contribution >= 4 is 17.3 Å². The van der Waals surface area contributed by atoms with Gasteiger partial charge in [0.15, 0.2) is 0 Å². The van der Waals surface area contributed by atoms with Gasteiger partial charge in [-0.25, -0.2) is 8.78 Å². The quantitative estimate of drug-likeness (QED) is 0.817. The first kappa shape index (κ1) is 13.0. The molecule has 0 aliphatic rings. The Morgan fingerprint density at radius 1 is 1.16 bits per heavy atom. The number of nitrogens with two attached hydrogens (primary N) is 1. The number of nitrogens with one attached hydrogen (secondary N) is 1. The van der Waals surface area contributed by atoms with Gasteiger partial charge >= 0.3 is 0 Å². The van der Waals surface area contributed by atoms with Crippen LogP contribution in [-0.4, -0.2) is 5.91 Å². The Balaban J connectivity index is 2.31. The molecule has 0 atom stereocenters. The first-order valence-electron chi connectivity index (χ1n) is 5.60. The maximum atomic E-state index is 13.0. The summed E-state index contributed by atoms with van der Waals surface area (Å²) in [5.41, 5.74) is 7.07. The summed E-state index contributed by atoms with van der Waals surface area (Å²) in [6.07, 6.45) is 0. The van der Waals surface area contributed by atoms with Gasteiger partial charge in [-0.05, 0) is 30.7 Å². The largest absolute Gasteiger partial charge is 0.398 e. The molecule has 0 bridgehead atoms. The molecule has 0 saturated carbocycles. The lowest BCUT2D eigenvalue weighted by Crippen LogP contribution is -2.15. The number of amides is 1. The number of rotatable bonds is 2. The topological polar surface area (TPSA) is 55.1 Å². The van der Waals surface area contributed by atoms with E-state index < -0.39 is 17.5 Å². The lowest BCUT2D eigenvalue weighted by atomic mass is 10.1. The van der Waals surface area contributed by atoms with Crippen LogP contribution in [0.4, 0.5) is 20.2 Å². The van der Waals surface area contributed by atoms with Gasteiger partial charge in [0, 0.05) is 17.4 Å². The molecule has 2 aromatic rings. The van der Waals surface area contributed by atoms with E-state index in [9.17, 15) is 13.6 Å². The van der Waals surface area contributed by atoms with Crippen molar-refractivity contribution in [1.82, 2.24) is 0 Å². The van der Waals surface area contributed by atoms with Crippen molar-refractivity contribution in [2.45, 2.75) is 6.92 Å². The highest BCUT2D eigenvalue weighted by atomic mass is 19.1. The monoisotopic (exact) mass is 262 g/mol. The van der Waals surface area contributed by atoms with Gasteiger partial charge in [-0.3, -0.25) is 4.79 Å². The molecule has 0 saturated heterocycles. The van der Waals surface area contributed by atoms with Gasteiger partial charge in [0.25, 0.3) is 5.91 Å². The average Bonchev–Trinajstić information content (AvgIpc) is 2.26. The van der Waals surface area contributed by atoms with Crippen molar-refractivity contribution in [3.8, 4) is 0 Å². The van der Waals surface area contributed by atoms with Crippen LogP contribution in [0.1, 0.15) is 15.9 Å². The van der Waals surface area contributed by atoms with E-state index in [1.807, 2.05) is 0 Å². The molecule has 3 nitrogen and oxygen atoms in total. The third-order valence-electron chi connectivity index (χ3n) is 2.65. The number of halogens is 2. The molecule has 0 radical (unpaired) electrons. The smallest absolute Gasteiger partial charge is 0.258 e. The fraction of sp³-hybridized carbons (Fsp3) is 0.0714. The number of nitrogen functional groups attached to an aromatic ring is 1. The molecule has 0 unspecified atom stereocenters. The van der Waals surface area contributed by atoms with Crippen LogP contribution in [0, 0.1) is 18.6 Å². The van der Waals surface area contributed by atoms with Crippen molar-refractivity contribution in [3.05, 3.63) is 59.2 Å². The molecular formula is C14H12F2N2O. The number of carbonyl (C=O) groups excluding carboxylic acids is 1. The molecule has 0 aliphatic carbocycles.